The van der Waals surface area contributed by atoms with Crippen molar-refractivity contribution in [3.05, 3.63) is 0 Å². The Balaban J connectivity index is 2.65. The standard InChI is InChI=1S/C13H25NO3/c1-10(2)13(4,17)9-14-7-5-6-12(3,8-14)11(15)16/h10,17H,5-9H2,1-4H3,(H,15,16). The molecule has 1 aliphatic heterocycles. The van der Waals surface area contributed by atoms with Crippen LogP contribution in [0.5, 0.6) is 0 Å². The molecule has 1 heterocycles. The van der Waals surface area contributed by atoms with Gasteiger partial charge in [0.15, 0.2) is 0 Å². The lowest BCUT2D eigenvalue weighted by molar-refractivity contribution is -0.152. The van der Waals surface area contributed by atoms with Crippen LogP contribution in [0.15, 0.2) is 0 Å². The molecule has 0 amide bonds. The van der Waals surface area contributed by atoms with Crippen LogP contribution >= 0.6 is 0 Å². The lowest BCUT2D eigenvalue weighted by Crippen LogP contribution is -2.52. The van der Waals surface area contributed by atoms with E-state index in [0.29, 0.717) is 13.1 Å². The molecule has 1 saturated heterocycles. The van der Waals surface area contributed by atoms with Crippen molar-refractivity contribution in [2.45, 2.75) is 46.1 Å². The van der Waals surface area contributed by atoms with Crippen molar-refractivity contribution in [3.8, 4) is 0 Å². The van der Waals surface area contributed by atoms with E-state index in [0.717, 1.165) is 19.4 Å². The Hall–Kier alpha value is -0.610. The van der Waals surface area contributed by atoms with E-state index in [9.17, 15) is 15.0 Å². The van der Waals surface area contributed by atoms with E-state index >= 15 is 0 Å². The number of β-amino-alcohol motifs (C(OH)–C–C–N with tert-alkyl or cyclic N) is 1. The van der Waals surface area contributed by atoms with Gasteiger partial charge in [-0.2, -0.15) is 0 Å². The predicted molar refractivity (Wildman–Crippen MR) is 66.9 cm³/mol. The molecule has 0 saturated carbocycles. The fraction of sp³-hybridized carbons (Fsp3) is 0.923. The summed E-state index contributed by atoms with van der Waals surface area (Å²) in [7, 11) is 0. The summed E-state index contributed by atoms with van der Waals surface area (Å²) in [5, 5.41) is 19.5. The van der Waals surface area contributed by atoms with E-state index in [-0.39, 0.29) is 5.92 Å². The number of carbonyl (C=O) groups is 1. The molecule has 4 nitrogen and oxygen atoms in total. The number of hydrogen-bond donors (Lipinski definition) is 2. The van der Waals surface area contributed by atoms with Crippen LogP contribution in [0.3, 0.4) is 0 Å². The molecule has 2 atom stereocenters. The number of carboxylic acids is 1. The van der Waals surface area contributed by atoms with Crippen LogP contribution in [-0.2, 0) is 4.79 Å². The number of nitrogens with zero attached hydrogens (tertiary/aromatic N) is 1. The summed E-state index contributed by atoms with van der Waals surface area (Å²) in [5.74, 6) is -0.563. The van der Waals surface area contributed by atoms with Gasteiger partial charge in [0.25, 0.3) is 0 Å². The number of hydrogen-bond acceptors (Lipinski definition) is 3. The van der Waals surface area contributed by atoms with Crippen molar-refractivity contribution in [2.24, 2.45) is 11.3 Å². The highest BCUT2D eigenvalue weighted by Crippen LogP contribution is 2.31. The maximum atomic E-state index is 11.2. The fourth-order valence-electron chi connectivity index (χ4n) is 2.29. The van der Waals surface area contributed by atoms with E-state index in [4.69, 9.17) is 0 Å². The van der Waals surface area contributed by atoms with Crippen LogP contribution in [0.2, 0.25) is 0 Å². The normalized spacial score (nSPS) is 30.2. The Kier molecular flexibility index (Phi) is 4.20. The lowest BCUT2D eigenvalue weighted by Gasteiger charge is -2.41. The van der Waals surface area contributed by atoms with Crippen molar-refractivity contribution >= 4 is 5.97 Å². The molecule has 0 spiro atoms. The lowest BCUT2D eigenvalue weighted by atomic mass is 9.81. The van der Waals surface area contributed by atoms with E-state index in [2.05, 4.69) is 4.90 Å². The number of aliphatic hydroxyl groups is 1. The number of piperidine rings is 1. The summed E-state index contributed by atoms with van der Waals surface area (Å²) in [5.41, 5.74) is -1.41. The summed E-state index contributed by atoms with van der Waals surface area (Å²) in [6.07, 6.45) is 1.61. The Morgan fingerprint density at radius 2 is 2.12 bits per heavy atom. The van der Waals surface area contributed by atoms with Gasteiger partial charge in [-0.05, 0) is 39.2 Å². The first-order chi connectivity index (χ1) is 7.67. The van der Waals surface area contributed by atoms with E-state index in [1.807, 2.05) is 20.8 Å². The highest BCUT2D eigenvalue weighted by atomic mass is 16.4. The second kappa shape index (κ2) is 4.94. The first-order valence-corrected chi connectivity index (χ1v) is 6.35. The van der Waals surface area contributed by atoms with Crippen molar-refractivity contribution in [1.82, 2.24) is 4.90 Å². The maximum absolute atomic E-state index is 11.2. The van der Waals surface area contributed by atoms with Gasteiger partial charge in [0.2, 0.25) is 0 Å². The Labute approximate surface area is 104 Å². The van der Waals surface area contributed by atoms with Crippen LogP contribution in [0.4, 0.5) is 0 Å². The number of aliphatic carboxylic acids is 1. The zero-order valence-corrected chi connectivity index (χ0v) is 11.4. The van der Waals surface area contributed by atoms with Crippen molar-refractivity contribution in [1.29, 1.82) is 0 Å². The molecule has 0 aromatic carbocycles. The highest BCUT2D eigenvalue weighted by molar-refractivity contribution is 5.74. The van der Waals surface area contributed by atoms with Crippen molar-refractivity contribution < 1.29 is 15.0 Å². The molecule has 4 heteroatoms. The van der Waals surface area contributed by atoms with Gasteiger partial charge in [-0.15, -0.1) is 0 Å². The van der Waals surface area contributed by atoms with Gasteiger partial charge in [0.05, 0.1) is 11.0 Å². The van der Waals surface area contributed by atoms with Crippen molar-refractivity contribution in [3.63, 3.8) is 0 Å². The fourth-order valence-corrected chi connectivity index (χ4v) is 2.29. The second-order valence-corrected chi connectivity index (χ2v) is 6.19. The summed E-state index contributed by atoms with van der Waals surface area (Å²) in [4.78, 5) is 13.3. The smallest absolute Gasteiger partial charge is 0.310 e. The molecule has 0 aromatic rings. The van der Waals surface area contributed by atoms with Gasteiger partial charge >= 0.3 is 5.97 Å². The van der Waals surface area contributed by atoms with E-state index < -0.39 is 17.0 Å². The molecular formula is C13H25NO3. The molecule has 17 heavy (non-hydrogen) atoms. The molecule has 1 aliphatic rings. The largest absolute Gasteiger partial charge is 0.481 e. The van der Waals surface area contributed by atoms with Gasteiger partial charge < -0.3 is 10.2 Å². The molecule has 0 aromatic heterocycles. The predicted octanol–water partition coefficient (Wildman–Crippen LogP) is 1.58. The number of likely N-dealkylation sites (tertiary alicyclic amines) is 1. The molecule has 100 valence electrons. The van der Waals surface area contributed by atoms with E-state index in [1.165, 1.54) is 0 Å². The third-order valence-corrected chi connectivity index (χ3v) is 4.08. The summed E-state index contributed by atoms with van der Waals surface area (Å²) < 4.78 is 0. The zero-order chi connectivity index (χ0) is 13.3. The van der Waals surface area contributed by atoms with E-state index in [1.54, 1.807) is 6.92 Å². The first-order valence-electron chi connectivity index (χ1n) is 6.35. The summed E-state index contributed by atoms with van der Waals surface area (Å²) in [6, 6.07) is 0. The molecule has 1 rings (SSSR count). The average molecular weight is 243 g/mol. The molecule has 1 fully saturated rings. The summed E-state index contributed by atoms with van der Waals surface area (Å²) >= 11 is 0. The third kappa shape index (κ3) is 3.42. The monoisotopic (exact) mass is 243 g/mol. The van der Waals surface area contributed by atoms with Crippen LogP contribution in [0, 0.1) is 11.3 Å². The molecule has 2 N–H and O–H groups in total. The molecule has 0 aliphatic carbocycles. The maximum Gasteiger partial charge on any atom is 0.310 e. The van der Waals surface area contributed by atoms with Gasteiger partial charge in [0.1, 0.15) is 0 Å². The average Bonchev–Trinajstić information content (AvgIpc) is 2.16. The Morgan fingerprint density at radius 1 is 1.53 bits per heavy atom. The Morgan fingerprint density at radius 3 is 2.59 bits per heavy atom. The molecule has 0 bridgehead atoms. The molecular weight excluding hydrogens is 218 g/mol. The zero-order valence-electron chi connectivity index (χ0n) is 11.4. The minimum Gasteiger partial charge on any atom is -0.481 e. The van der Waals surface area contributed by atoms with Gasteiger partial charge in [-0.3, -0.25) is 9.69 Å². The minimum atomic E-state index is -0.753. The van der Waals surface area contributed by atoms with Crippen molar-refractivity contribution in [2.75, 3.05) is 19.6 Å². The van der Waals surface area contributed by atoms with Crippen LogP contribution in [-0.4, -0.2) is 46.3 Å². The third-order valence-electron chi connectivity index (χ3n) is 4.08. The molecule has 0 radical (unpaired) electrons. The van der Waals surface area contributed by atoms with Crippen LogP contribution in [0.1, 0.15) is 40.5 Å². The van der Waals surface area contributed by atoms with Gasteiger partial charge in [-0.1, -0.05) is 13.8 Å². The van der Waals surface area contributed by atoms with Crippen LogP contribution < -0.4 is 0 Å². The van der Waals surface area contributed by atoms with Gasteiger partial charge in [-0.25, -0.2) is 0 Å². The number of rotatable bonds is 4. The SMILES string of the molecule is CC(C)C(C)(O)CN1CCCC(C)(C(=O)O)C1. The molecule has 2 unspecified atom stereocenters. The quantitative estimate of drug-likeness (QED) is 0.787. The minimum absolute atomic E-state index is 0.167. The van der Waals surface area contributed by atoms with Gasteiger partial charge in [0, 0.05) is 13.1 Å². The number of carboxylic acid groups (broad SMARTS) is 1. The second-order valence-electron chi connectivity index (χ2n) is 6.19. The first kappa shape index (κ1) is 14.5. The Bertz CT molecular complexity index is 288. The highest BCUT2D eigenvalue weighted by Gasteiger charge is 2.39. The topological polar surface area (TPSA) is 60.8 Å². The summed E-state index contributed by atoms with van der Waals surface area (Å²) in [6.45, 7) is 9.56. The van der Waals surface area contributed by atoms with Crippen LogP contribution in [0.25, 0.3) is 0 Å².